The van der Waals surface area contributed by atoms with Gasteiger partial charge in [0.15, 0.2) is 0 Å². The molecule has 2 N–H and O–H groups in total. The number of hydrogen-bond acceptors (Lipinski definition) is 3. The van der Waals surface area contributed by atoms with E-state index in [-0.39, 0.29) is 11.3 Å². The predicted octanol–water partition coefficient (Wildman–Crippen LogP) is 1.37. The van der Waals surface area contributed by atoms with Crippen molar-refractivity contribution in [2.24, 2.45) is 0 Å². The number of aromatic carboxylic acids is 1. The molecule has 6 nitrogen and oxygen atoms in total. The lowest BCUT2D eigenvalue weighted by Gasteiger charge is -2.20. The van der Waals surface area contributed by atoms with E-state index in [1.165, 1.54) is 12.1 Å². The van der Waals surface area contributed by atoms with E-state index in [1.54, 1.807) is 10.6 Å². The summed E-state index contributed by atoms with van der Waals surface area (Å²) in [4.78, 5) is 27.7. The van der Waals surface area contributed by atoms with Crippen LogP contribution in [0, 0.1) is 0 Å². The molecule has 0 aliphatic carbocycles. The molecule has 1 heterocycles. The van der Waals surface area contributed by atoms with Crippen LogP contribution in [0.15, 0.2) is 23.0 Å². The number of fused-ring (bicyclic) bond motifs is 1. The van der Waals surface area contributed by atoms with Crippen molar-refractivity contribution in [2.45, 2.75) is 26.4 Å². The molecule has 0 atom stereocenters. The largest absolute Gasteiger partial charge is 0.478 e. The molecule has 108 valence electrons. The van der Waals surface area contributed by atoms with E-state index in [4.69, 9.17) is 5.11 Å². The van der Waals surface area contributed by atoms with E-state index >= 15 is 0 Å². The first-order valence-corrected chi connectivity index (χ1v) is 6.56. The van der Waals surface area contributed by atoms with E-state index in [1.807, 2.05) is 7.05 Å². The highest BCUT2D eigenvalue weighted by Crippen LogP contribution is 2.13. The molecule has 0 unspecified atom stereocenters. The van der Waals surface area contributed by atoms with Gasteiger partial charge in [0.2, 0.25) is 0 Å². The molecule has 2 aromatic rings. The molecule has 0 saturated carbocycles. The molecule has 1 aromatic carbocycles. The van der Waals surface area contributed by atoms with Crippen LogP contribution in [-0.4, -0.2) is 45.2 Å². The first-order valence-electron chi connectivity index (χ1n) is 6.56. The summed E-state index contributed by atoms with van der Waals surface area (Å²) in [6.07, 6.45) is 0. The van der Waals surface area contributed by atoms with E-state index in [2.05, 4.69) is 23.7 Å². The van der Waals surface area contributed by atoms with Gasteiger partial charge < -0.3 is 15.0 Å². The van der Waals surface area contributed by atoms with Gasteiger partial charge in [0.25, 0.3) is 0 Å². The molecule has 0 amide bonds. The molecular formula is C14H19N3O3. The molecule has 0 fully saturated rings. The lowest BCUT2D eigenvalue weighted by atomic mass is 10.2. The molecule has 0 aliphatic heterocycles. The number of carboxylic acids is 1. The Hall–Kier alpha value is -2.08. The highest BCUT2D eigenvalue weighted by atomic mass is 16.4. The fraction of sp³-hybridized carbons (Fsp3) is 0.429. The van der Waals surface area contributed by atoms with Gasteiger partial charge in [0, 0.05) is 19.1 Å². The molecule has 20 heavy (non-hydrogen) atoms. The Labute approximate surface area is 116 Å². The zero-order chi connectivity index (χ0) is 14.9. The van der Waals surface area contributed by atoms with Gasteiger partial charge in [-0.15, -0.1) is 0 Å². The second-order valence-corrected chi connectivity index (χ2v) is 5.19. The summed E-state index contributed by atoms with van der Waals surface area (Å²) in [5, 5.41) is 8.95. The number of rotatable bonds is 5. The number of benzene rings is 1. The Balaban J connectivity index is 2.32. The van der Waals surface area contributed by atoms with E-state index in [9.17, 15) is 9.59 Å². The number of aromatic nitrogens is 2. The monoisotopic (exact) mass is 277 g/mol. The predicted molar refractivity (Wildman–Crippen MR) is 77.3 cm³/mol. The Morgan fingerprint density at radius 3 is 2.75 bits per heavy atom. The summed E-state index contributed by atoms with van der Waals surface area (Å²) in [5.74, 6) is -1.000. The third-order valence-corrected chi connectivity index (χ3v) is 3.58. The number of hydrogen-bond donors (Lipinski definition) is 2. The number of aromatic amines is 1. The maximum Gasteiger partial charge on any atom is 0.335 e. The molecule has 0 saturated heterocycles. The first kappa shape index (κ1) is 14.3. The normalized spacial score (nSPS) is 11.7. The van der Waals surface area contributed by atoms with Gasteiger partial charge in [-0.2, -0.15) is 0 Å². The SMILES string of the molecule is CC(C)N(C)CCn1c(=O)[nH]c2cc(C(=O)O)ccc21. The van der Waals surface area contributed by atoms with Gasteiger partial charge in [-0.05, 0) is 39.1 Å². The average molecular weight is 277 g/mol. The van der Waals surface area contributed by atoms with Crippen LogP contribution in [0.4, 0.5) is 0 Å². The van der Waals surface area contributed by atoms with Crippen molar-refractivity contribution in [3.05, 3.63) is 34.2 Å². The minimum Gasteiger partial charge on any atom is -0.478 e. The quantitative estimate of drug-likeness (QED) is 0.865. The summed E-state index contributed by atoms with van der Waals surface area (Å²) in [7, 11) is 2.01. The van der Waals surface area contributed by atoms with Gasteiger partial charge in [0.05, 0.1) is 16.6 Å². The molecule has 0 radical (unpaired) electrons. The van der Waals surface area contributed by atoms with Gasteiger partial charge in [-0.25, -0.2) is 9.59 Å². The molecule has 0 spiro atoms. The van der Waals surface area contributed by atoms with Crippen molar-refractivity contribution in [1.82, 2.24) is 14.5 Å². The van der Waals surface area contributed by atoms with Crippen LogP contribution in [-0.2, 0) is 6.54 Å². The van der Waals surface area contributed by atoms with Crippen LogP contribution in [0.1, 0.15) is 24.2 Å². The third kappa shape index (κ3) is 2.75. The standard InChI is InChI=1S/C14H19N3O3/c1-9(2)16(3)6-7-17-12-5-4-10(13(18)19)8-11(12)15-14(17)20/h4-5,8-9H,6-7H2,1-3H3,(H,15,20)(H,18,19). The van der Waals surface area contributed by atoms with E-state index in [0.717, 1.165) is 12.1 Å². The van der Waals surface area contributed by atoms with Gasteiger partial charge in [-0.3, -0.25) is 4.57 Å². The van der Waals surface area contributed by atoms with Gasteiger partial charge in [-0.1, -0.05) is 0 Å². The highest BCUT2D eigenvalue weighted by Gasteiger charge is 2.11. The number of imidazole rings is 1. The fourth-order valence-corrected chi connectivity index (χ4v) is 2.03. The van der Waals surface area contributed by atoms with E-state index < -0.39 is 5.97 Å². The lowest BCUT2D eigenvalue weighted by molar-refractivity contribution is 0.0697. The molecule has 2 rings (SSSR count). The number of carboxylic acid groups (broad SMARTS) is 1. The topological polar surface area (TPSA) is 78.3 Å². The number of nitrogens with one attached hydrogen (secondary N) is 1. The second-order valence-electron chi connectivity index (χ2n) is 5.19. The number of nitrogens with zero attached hydrogens (tertiary/aromatic N) is 2. The minimum absolute atomic E-state index is 0.171. The van der Waals surface area contributed by atoms with Crippen LogP contribution in [0.5, 0.6) is 0 Å². The number of carbonyl (C=O) groups is 1. The Morgan fingerprint density at radius 2 is 2.15 bits per heavy atom. The van der Waals surface area contributed by atoms with Crippen molar-refractivity contribution in [2.75, 3.05) is 13.6 Å². The molecule has 1 aromatic heterocycles. The lowest BCUT2D eigenvalue weighted by Crippen LogP contribution is -2.31. The summed E-state index contributed by atoms with van der Waals surface area (Å²) in [5.41, 5.74) is 1.25. The summed E-state index contributed by atoms with van der Waals surface area (Å²) in [6, 6.07) is 5.09. The highest BCUT2D eigenvalue weighted by molar-refractivity contribution is 5.92. The fourth-order valence-electron chi connectivity index (χ4n) is 2.03. The molecular weight excluding hydrogens is 258 g/mol. The summed E-state index contributed by atoms with van der Waals surface area (Å²) < 4.78 is 1.64. The first-order chi connectivity index (χ1) is 9.40. The number of likely N-dealkylation sites (N-methyl/N-ethyl adjacent to an activating group) is 1. The van der Waals surface area contributed by atoms with Crippen LogP contribution in [0.2, 0.25) is 0 Å². The Bertz CT molecular complexity index is 685. The van der Waals surface area contributed by atoms with Crippen LogP contribution < -0.4 is 5.69 Å². The maximum atomic E-state index is 11.9. The number of H-pyrrole nitrogens is 1. The smallest absolute Gasteiger partial charge is 0.335 e. The van der Waals surface area contributed by atoms with Crippen LogP contribution in [0.25, 0.3) is 11.0 Å². The maximum absolute atomic E-state index is 11.9. The molecule has 0 aliphatic rings. The minimum atomic E-state index is -1.000. The third-order valence-electron chi connectivity index (χ3n) is 3.58. The molecule has 6 heteroatoms. The Kier molecular flexibility index (Phi) is 3.94. The van der Waals surface area contributed by atoms with Crippen LogP contribution in [0.3, 0.4) is 0 Å². The van der Waals surface area contributed by atoms with Crippen molar-refractivity contribution in [3.63, 3.8) is 0 Å². The van der Waals surface area contributed by atoms with Crippen LogP contribution >= 0.6 is 0 Å². The zero-order valence-corrected chi connectivity index (χ0v) is 11.9. The summed E-state index contributed by atoms with van der Waals surface area (Å²) in [6.45, 7) is 5.51. The Morgan fingerprint density at radius 1 is 1.45 bits per heavy atom. The zero-order valence-electron chi connectivity index (χ0n) is 11.9. The van der Waals surface area contributed by atoms with Crippen molar-refractivity contribution in [3.8, 4) is 0 Å². The van der Waals surface area contributed by atoms with Gasteiger partial charge in [0.1, 0.15) is 0 Å². The van der Waals surface area contributed by atoms with Crippen molar-refractivity contribution < 1.29 is 9.90 Å². The molecule has 0 bridgehead atoms. The average Bonchev–Trinajstić information content (AvgIpc) is 2.70. The second kappa shape index (κ2) is 5.50. The summed E-state index contributed by atoms with van der Waals surface area (Å²) >= 11 is 0. The van der Waals surface area contributed by atoms with Crippen molar-refractivity contribution >= 4 is 17.0 Å². The van der Waals surface area contributed by atoms with Gasteiger partial charge >= 0.3 is 11.7 Å². The van der Waals surface area contributed by atoms with Crippen molar-refractivity contribution in [1.29, 1.82) is 0 Å². The van der Waals surface area contributed by atoms with E-state index in [0.29, 0.717) is 18.1 Å².